The molecule has 31 heavy (non-hydrogen) atoms. The van der Waals surface area contributed by atoms with E-state index in [1.807, 2.05) is 44.2 Å². The monoisotopic (exact) mass is 457 g/mol. The van der Waals surface area contributed by atoms with Crippen LogP contribution in [0.2, 0.25) is 0 Å². The Balaban J connectivity index is 1.64. The molecule has 162 valence electrons. The second-order valence-electron chi connectivity index (χ2n) is 7.21. The molecule has 9 nitrogen and oxygen atoms in total. The first-order valence-corrected chi connectivity index (χ1v) is 12.1. The Morgan fingerprint density at radius 3 is 2.52 bits per heavy atom. The van der Waals surface area contributed by atoms with E-state index in [9.17, 15) is 8.42 Å². The fourth-order valence-electron chi connectivity index (χ4n) is 3.24. The van der Waals surface area contributed by atoms with Crippen LogP contribution in [0.1, 0.15) is 18.3 Å². The van der Waals surface area contributed by atoms with E-state index in [0.717, 1.165) is 23.6 Å². The lowest BCUT2D eigenvalue weighted by Gasteiger charge is -2.11. The molecule has 0 saturated heterocycles. The first-order chi connectivity index (χ1) is 14.8. The Morgan fingerprint density at radius 1 is 1.10 bits per heavy atom. The van der Waals surface area contributed by atoms with Gasteiger partial charge >= 0.3 is 0 Å². The van der Waals surface area contributed by atoms with Crippen LogP contribution in [-0.2, 0) is 22.3 Å². The number of sulfonamides is 1. The number of aromatic nitrogens is 6. The van der Waals surface area contributed by atoms with E-state index in [0.29, 0.717) is 16.4 Å². The highest BCUT2D eigenvalue weighted by molar-refractivity contribution is 7.98. The van der Waals surface area contributed by atoms with Gasteiger partial charge in [-0.15, -0.1) is 5.10 Å². The fraction of sp³-hybridized carbons (Fsp3) is 0.300. The average molecular weight is 458 g/mol. The summed E-state index contributed by atoms with van der Waals surface area (Å²) in [7, 11) is -0.480. The molecule has 0 bridgehead atoms. The van der Waals surface area contributed by atoms with Gasteiger partial charge < -0.3 is 4.57 Å². The van der Waals surface area contributed by atoms with Crippen molar-refractivity contribution in [2.24, 2.45) is 0 Å². The van der Waals surface area contributed by atoms with E-state index in [1.54, 1.807) is 16.8 Å². The number of fused-ring (bicyclic) bond motifs is 1. The van der Waals surface area contributed by atoms with E-state index in [-0.39, 0.29) is 4.90 Å². The third-order valence-electron chi connectivity index (χ3n) is 4.94. The van der Waals surface area contributed by atoms with Crippen molar-refractivity contribution in [3.05, 3.63) is 53.9 Å². The Morgan fingerprint density at radius 2 is 1.84 bits per heavy atom. The van der Waals surface area contributed by atoms with Crippen molar-refractivity contribution in [1.29, 1.82) is 0 Å². The van der Waals surface area contributed by atoms with Crippen molar-refractivity contribution in [1.82, 2.24) is 34.1 Å². The summed E-state index contributed by atoms with van der Waals surface area (Å²) >= 11 is 1.48. The molecule has 0 fully saturated rings. The van der Waals surface area contributed by atoms with Crippen LogP contribution in [0.25, 0.3) is 16.7 Å². The molecule has 0 radical (unpaired) electrons. The topological polar surface area (TPSA) is 98.8 Å². The second-order valence-corrected chi connectivity index (χ2v) is 10.3. The second kappa shape index (κ2) is 8.40. The van der Waals surface area contributed by atoms with Gasteiger partial charge in [0.2, 0.25) is 15.2 Å². The maximum Gasteiger partial charge on any atom is 0.242 e. The molecule has 0 aliphatic carbocycles. The molecule has 11 heteroatoms. The molecule has 0 aliphatic heterocycles. The SMILES string of the molecule is CCn1c(CSc2nnnn2-c2ccc(C)cc2)nc2cc(S(=O)(=O)N(C)C)ccc21. The van der Waals surface area contributed by atoms with E-state index >= 15 is 0 Å². The van der Waals surface area contributed by atoms with Crippen molar-refractivity contribution in [3.8, 4) is 5.69 Å². The van der Waals surface area contributed by atoms with Crippen LogP contribution >= 0.6 is 11.8 Å². The van der Waals surface area contributed by atoms with Crippen LogP contribution in [0.5, 0.6) is 0 Å². The smallest absolute Gasteiger partial charge is 0.242 e. The van der Waals surface area contributed by atoms with Gasteiger partial charge in [0.1, 0.15) is 5.82 Å². The third kappa shape index (κ3) is 4.08. The van der Waals surface area contributed by atoms with Gasteiger partial charge in [-0.3, -0.25) is 0 Å². The van der Waals surface area contributed by atoms with Crippen molar-refractivity contribution in [2.45, 2.75) is 36.2 Å². The maximum absolute atomic E-state index is 12.5. The van der Waals surface area contributed by atoms with Crippen molar-refractivity contribution < 1.29 is 8.42 Å². The number of benzene rings is 2. The molecule has 2 aromatic carbocycles. The van der Waals surface area contributed by atoms with Crippen molar-refractivity contribution >= 4 is 32.8 Å². The Kier molecular flexibility index (Phi) is 5.82. The number of hydrogen-bond donors (Lipinski definition) is 0. The van der Waals surface area contributed by atoms with Crippen LogP contribution in [0.15, 0.2) is 52.5 Å². The zero-order valence-electron chi connectivity index (χ0n) is 17.7. The quantitative estimate of drug-likeness (QED) is 0.394. The molecule has 4 rings (SSSR count). The number of hydrogen-bond acceptors (Lipinski definition) is 7. The van der Waals surface area contributed by atoms with Gasteiger partial charge in [0.15, 0.2) is 0 Å². The number of imidazole rings is 1. The zero-order valence-corrected chi connectivity index (χ0v) is 19.4. The van der Waals surface area contributed by atoms with Crippen molar-refractivity contribution in [3.63, 3.8) is 0 Å². The maximum atomic E-state index is 12.5. The van der Waals surface area contributed by atoms with E-state index in [2.05, 4.69) is 20.1 Å². The summed E-state index contributed by atoms with van der Waals surface area (Å²) in [5, 5.41) is 12.7. The summed E-state index contributed by atoms with van der Waals surface area (Å²) in [6.45, 7) is 4.79. The molecule has 0 N–H and O–H groups in total. The number of aryl methyl sites for hydroxylation is 2. The van der Waals surface area contributed by atoms with Crippen molar-refractivity contribution in [2.75, 3.05) is 14.1 Å². The summed E-state index contributed by atoms with van der Waals surface area (Å²) in [5.74, 6) is 1.38. The summed E-state index contributed by atoms with van der Waals surface area (Å²) in [6.07, 6.45) is 0. The lowest BCUT2D eigenvalue weighted by atomic mass is 10.2. The minimum absolute atomic E-state index is 0.230. The molecule has 0 unspecified atom stereocenters. The molecule has 4 aromatic rings. The van der Waals surface area contributed by atoms with Gasteiger partial charge in [0, 0.05) is 20.6 Å². The number of thioether (sulfide) groups is 1. The van der Waals surface area contributed by atoms with Gasteiger partial charge in [-0.25, -0.2) is 17.7 Å². The number of tetrazole rings is 1. The van der Waals surface area contributed by atoms with Crippen LogP contribution in [0, 0.1) is 6.92 Å². The van der Waals surface area contributed by atoms with Crippen LogP contribution < -0.4 is 0 Å². The number of nitrogens with zero attached hydrogens (tertiary/aromatic N) is 7. The normalized spacial score (nSPS) is 12.2. The van der Waals surface area contributed by atoms with Gasteiger partial charge in [0.05, 0.1) is 27.4 Å². The summed E-state index contributed by atoms with van der Waals surface area (Å²) in [4.78, 5) is 4.94. The van der Waals surface area contributed by atoms with E-state index in [4.69, 9.17) is 4.98 Å². The lowest BCUT2D eigenvalue weighted by molar-refractivity contribution is 0.521. The van der Waals surface area contributed by atoms with Gasteiger partial charge in [-0.2, -0.15) is 4.68 Å². The highest BCUT2D eigenvalue weighted by atomic mass is 32.2. The predicted molar refractivity (Wildman–Crippen MR) is 120 cm³/mol. The molecule has 2 heterocycles. The number of rotatable bonds is 7. The standard InChI is InChI=1S/C20H23N7O2S2/c1-5-26-18-11-10-16(31(28,29)25(3)4)12-17(18)21-19(26)13-30-20-22-23-24-27(20)15-8-6-14(2)7-9-15/h6-12H,5,13H2,1-4H3. The van der Waals surface area contributed by atoms with Gasteiger partial charge in [-0.1, -0.05) is 29.5 Å². The summed E-state index contributed by atoms with van der Waals surface area (Å²) < 4.78 is 29.9. The molecule has 0 spiro atoms. The van der Waals surface area contributed by atoms with Gasteiger partial charge in [0.25, 0.3) is 0 Å². The summed E-state index contributed by atoms with van der Waals surface area (Å²) in [5.41, 5.74) is 3.60. The molecule has 0 aliphatic rings. The Labute approximate surface area is 185 Å². The zero-order chi connectivity index (χ0) is 22.2. The van der Waals surface area contributed by atoms with E-state index < -0.39 is 10.0 Å². The first-order valence-electron chi connectivity index (χ1n) is 9.71. The largest absolute Gasteiger partial charge is 0.328 e. The summed E-state index contributed by atoms with van der Waals surface area (Å²) in [6, 6.07) is 13.0. The highest BCUT2D eigenvalue weighted by Gasteiger charge is 2.20. The first kappa shape index (κ1) is 21.5. The predicted octanol–water partition coefficient (Wildman–Crippen LogP) is 2.88. The third-order valence-corrected chi connectivity index (χ3v) is 7.67. The van der Waals surface area contributed by atoms with Gasteiger partial charge in [-0.05, 0) is 54.6 Å². The molecule has 2 aromatic heterocycles. The minimum Gasteiger partial charge on any atom is -0.328 e. The molecule has 0 saturated carbocycles. The van der Waals surface area contributed by atoms with Crippen LogP contribution in [-0.4, -0.2) is 56.6 Å². The Bertz CT molecular complexity index is 1330. The van der Waals surface area contributed by atoms with E-state index in [1.165, 1.54) is 35.7 Å². The minimum atomic E-state index is -3.52. The fourth-order valence-corrected chi connectivity index (χ4v) is 5.00. The molecular weight excluding hydrogens is 434 g/mol. The van der Waals surface area contributed by atoms with Crippen LogP contribution in [0.3, 0.4) is 0 Å². The Hall–Kier alpha value is -2.76. The van der Waals surface area contributed by atoms with Crippen LogP contribution in [0.4, 0.5) is 0 Å². The lowest BCUT2D eigenvalue weighted by Crippen LogP contribution is -2.22. The average Bonchev–Trinajstić information content (AvgIpc) is 3.35. The molecular formula is C20H23N7O2S2. The highest BCUT2D eigenvalue weighted by Crippen LogP contribution is 2.27. The molecule has 0 amide bonds. The molecule has 0 atom stereocenters.